The van der Waals surface area contributed by atoms with Crippen LogP contribution >= 0.6 is 11.8 Å². The summed E-state index contributed by atoms with van der Waals surface area (Å²) in [6.07, 6.45) is 1.66. The number of rotatable bonds is 5. The summed E-state index contributed by atoms with van der Waals surface area (Å²) in [4.78, 5) is 44.2. The highest BCUT2D eigenvalue weighted by Crippen LogP contribution is 2.29. The quantitative estimate of drug-likeness (QED) is 0.593. The highest BCUT2D eigenvalue weighted by Gasteiger charge is 2.25. The Balaban J connectivity index is 1.66. The maximum Gasteiger partial charge on any atom is 0.332 e. The van der Waals surface area contributed by atoms with Crippen molar-refractivity contribution in [2.75, 3.05) is 17.2 Å². The van der Waals surface area contributed by atoms with E-state index in [9.17, 15) is 14.4 Å². The average Bonchev–Trinajstić information content (AvgIpc) is 3.31. The lowest BCUT2D eigenvalue weighted by Crippen LogP contribution is -2.37. The van der Waals surface area contributed by atoms with E-state index in [4.69, 9.17) is 0 Å². The van der Waals surface area contributed by atoms with Gasteiger partial charge in [-0.3, -0.25) is 18.7 Å². The molecule has 1 amide bonds. The lowest BCUT2D eigenvalue weighted by molar-refractivity contribution is -0.116. The summed E-state index contributed by atoms with van der Waals surface area (Å²) < 4.78 is 4.30. The second-order valence-corrected chi connectivity index (χ2v) is 8.08. The molecule has 0 unspecified atom stereocenters. The largest absolute Gasteiger partial charge is 0.332 e. The van der Waals surface area contributed by atoms with E-state index in [0.717, 1.165) is 23.1 Å². The Morgan fingerprint density at radius 3 is 2.69 bits per heavy atom. The van der Waals surface area contributed by atoms with Gasteiger partial charge in [0.1, 0.15) is 0 Å². The lowest BCUT2D eigenvalue weighted by Gasteiger charge is -2.17. The minimum atomic E-state index is -0.412. The molecule has 0 radical (unpaired) electrons. The van der Waals surface area contributed by atoms with Crippen LogP contribution in [0.15, 0.2) is 39.0 Å². The first kappa shape index (κ1) is 19.5. The van der Waals surface area contributed by atoms with Crippen molar-refractivity contribution >= 4 is 34.5 Å². The molecule has 0 saturated heterocycles. The lowest BCUT2D eigenvalue weighted by atomic mass is 10.2. The van der Waals surface area contributed by atoms with Crippen molar-refractivity contribution in [2.24, 2.45) is 14.1 Å². The van der Waals surface area contributed by atoms with E-state index in [2.05, 4.69) is 4.98 Å². The molecule has 1 aliphatic rings. The molecule has 0 aliphatic carbocycles. The van der Waals surface area contributed by atoms with Gasteiger partial charge in [-0.1, -0.05) is 36.9 Å². The number of anilines is 1. The topological polar surface area (TPSA) is 82.1 Å². The molecule has 0 spiro atoms. The van der Waals surface area contributed by atoms with Crippen LogP contribution in [0.1, 0.15) is 18.9 Å². The van der Waals surface area contributed by atoms with Crippen molar-refractivity contribution in [2.45, 2.75) is 31.5 Å². The standard InChI is InChI=1S/C20H23N5O3S/c1-4-10-25-16-17(22(2)20(28)23(3)18(16)27)21-19(25)29-12-15(26)24-11-9-13-7-5-6-8-14(13)24/h5-8H,4,9-12H2,1-3H3. The maximum atomic E-state index is 12.9. The zero-order valence-electron chi connectivity index (χ0n) is 16.7. The molecule has 1 aromatic carbocycles. The number of aromatic nitrogens is 4. The molecule has 8 nitrogen and oxygen atoms in total. The molecule has 3 heterocycles. The fraction of sp³-hybridized carbons (Fsp3) is 0.400. The molecule has 3 aromatic rings. The van der Waals surface area contributed by atoms with E-state index in [0.29, 0.717) is 29.4 Å². The molecule has 0 fully saturated rings. The number of amides is 1. The minimum absolute atomic E-state index is 0.0110. The molecule has 0 saturated carbocycles. The summed E-state index contributed by atoms with van der Waals surface area (Å²) in [6.45, 7) is 3.28. The Kier molecular flexibility index (Phi) is 5.08. The number of carbonyl (C=O) groups excluding carboxylic acids is 1. The molecule has 4 rings (SSSR count). The van der Waals surface area contributed by atoms with Crippen LogP contribution in [0.25, 0.3) is 11.2 Å². The molecule has 9 heteroatoms. The second-order valence-electron chi connectivity index (χ2n) is 7.14. The first-order valence-electron chi connectivity index (χ1n) is 9.61. The number of aryl methyl sites for hydroxylation is 2. The van der Waals surface area contributed by atoms with Gasteiger partial charge in [0.15, 0.2) is 16.3 Å². The number of fused-ring (bicyclic) bond motifs is 2. The molecule has 2 aromatic heterocycles. The number of hydrogen-bond donors (Lipinski definition) is 0. The van der Waals surface area contributed by atoms with Gasteiger partial charge in [-0.25, -0.2) is 9.78 Å². The monoisotopic (exact) mass is 413 g/mol. The van der Waals surface area contributed by atoms with Gasteiger partial charge >= 0.3 is 5.69 Å². The fourth-order valence-corrected chi connectivity index (χ4v) is 4.67. The van der Waals surface area contributed by atoms with E-state index in [1.165, 1.54) is 28.9 Å². The molecule has 152 valence electrons. The van der Waals surface area contributed by atoms with E-state index in [1.807, 2.05) is 40.7 Å². The van der Waals surface area contributed by atoms with Crippen molar-refractivity contribution in [3.05, 3.63) is 50.7 Å². The fourth-order valence-electron chi connectivity index (χ4n) is 3.77. The third-order valence-electron chi connectivity index (χ3n) is 5.27. The molecule has 1 aliphatic heterocycles. The van der Waals surface area contributed by atoms with Crippen LogP contribution in [0.3, 0.4) is 0 Å². The zero-order chi connectivity index (χ0) is 20.7. The minimum Gasteiger partial charge on any atom is -0.313 e. The molecule has 0 bridgehead atoms. The van der Waals surface area contributed by atoms with Gasteiger partial charge in [-0.15, -0.1) is 0 Å². The Morgan fingerprint density at radius 2 is 1.93 bits per heavy atom. The number of imidazole rings is 1. The smallest absolute Gasteiger partial charge is 0.313 e. The van der Waals surface area contributed by atoms with Crippen molar-refractivity contribution in [1.82, 2.24) is 18.7 Å². The number of para-hydroxylation sites is 1. The molecule has 29 heavy (non-hydrogen) atoms. The molecule has 0 atom stereocenters. The van der Waals surface area contributed by atoms with Crippen LogP contribution in [-0.4, -0.2) is 36.9 Å². The van der Waals surface area contributed by atoms with Gasteiger partial charge in [0.2, 0.25) is 5.91 Å². The van der Waals surface area contributed by atoms with Crippen LogP contribution in [0.5, 0.6) is 0 Å². The number of hydrogen-bond acceptors (Lipinski definition) is 5. The van der Waals surface area contributed by atoms with Crippen molar-refractivity contribution in [3.8, 4) is 0 Å². The Morgan fingerprint density at radius 1 is 1.17 bits per heavy atom. The molecular formula is C20H23N5O3S. The summed E-state index contributed by atoms with van der Waals surface area (Å²) in [5.41, 5.74) is 2.13. The SMILES string of the molecule is CCCn1c(SCC(=O)N2CCc3ccccc32)nc2c1c(=O)n(C)c(=O)n2C. The number of benzene rings is 1. The number of carbonyl (C=O) groups is 1. The van der Waals surface area contributed by atoms with Gasteiger partial charge in [0, 0.05) is 32.9 Å². The van der Waals surface area contributed by atoms with Crippen LogP contribution < -0.4 is 16.1 Å². The molecular weight excluding hydrogens is 390 g/mol. The van der Waals surface area contributed by atoms with Gasteiger partial charge < -0.3 is 9.47 Å². The van der Waals surface area contributed by atoms with Crippen molar-refractivity contribution in [3.63, 3.8) is 0 Å². The highest BCUT2D eigenvalue weighted by atomic mass is 32.2. The normalized spacial score (nSPS) is 13.3. The maximum absolute atomic E-state index is 12.9. The van der Waals surface area contributed by atoms with Gasteiger partial charge in [-0.05, 0) is 24.5 Å². The first-order chi connectivity index (χ1) is 13.9. The van der Waals surface area contributed by atoms with Gasteiger partial charge in [0.25, 0.3) is 5.56 Å². The zero-order valence-corrected chi connectivity index (χ0v) is 17.5. The second kappa shape index (κ2) is 7.55. The third kappa shape index (κ3) is 3.19. The number of nitrogens with zero attached hydrogens (tertiary/aromatic N) is 5. The van der Waals surface area contributed by atoms with E-state index >= 15 is 0 Å². The van der Waals surface area contributed by atoms with Gasteiger partial charge in [0.05, 0.1) is 5.75 Å². The predicted octanol–water partition coefficient (Wildman–Crippen LogP) is 1.53. The summed E-state index contributed by atoms with van der Waals surface area (Å²) in [5.74, 6) is 0.229. The van der Waals surface area contributed by atoms with Crippen molar-refractivity contribution in [1.29, 1.82) is 0 Å². The summed E-state index contributed by atoms with van der Waals surface area (Å²) in [7, 11) is 3.07. The van der Waals surface area contributed by atoms with Crippen LogP contribution in [-0.2, 0) is 31.9 Å². The summed E-state index contributed by atoms with van der Waals surface area (Å²) in [5, 5.41) is 0.584. The van der Waals surface area contributed by atoms with Crippen LogP contribution in [0, 0.1) is 0 Å². The Hall–Kier alpha value is -2.81. The third-order valence-corrected chi connectivity index (χ3v) is 6.23. The van der Waals surface area contributed by atoms with Crippen molar-refractivity contribution < 1.29 is 4.79 Å². The first-order valence-corrected chi connectivity index (χ1v) is 10.6. The predicted molar refractivity (Wildman–Crippen MR) is 114 cm³/mol. The van der Waals surface area contributed by atoms with Gasteiger partial charge in [-0.2, -0.15) is 0 Å². The average molecular weight is 414 g/mol. The Bertz CT molecular complexity index is 1220. The highest BCUT2D eigenvalue weighted by molar-refractivity contribution is 7.99. The Labute approximate surface area is 171 Å². The number of thioether (sulfide) groups is 1. The van der Waals surface area contributed by atoms with E-state index < -0.39 is 5.69 Å². The van der Waals surface area contributed by atoms with Crippen LogP contribution in [0.2, 0.25) is 0 Å². The summed E-state index contributed by atoms with van der Waals surface area (Å²) >= 11 is 1.31. The van der Waals surface area contributed by atoms with E-state index in [1.54, 1.807) is 7.05 Å². The molecule has 0 N–H and O–H groups in total. The van der Waals surface area contributed by atoms with E-state index in [-0.39, 0.29) is 17.2 Å². The summed E-state index contributed by atoms with van der Waals surface area (Å²) in [6, 6.07) is 7.94. The van der Waals surface area contributed by atoms with Crippen LogP contribution in [0.4, 0.5) is 5.69 Å².